The number of rotatable bonds is 2. The van der Waals surface area contributed by atoms with Crippen LogP contribution in [0.3, 0.4) is 0 Å². The highest BCUT2D eigenvalue weighted by molar-refractivity contribution is 6.02. The minimum absolute atomic E-state index is 0.00121. The molecular weight excluding hydrogens is 236 g/mol. The van der Waals surface area contributed by atoms with Crippen LogP contribution < -0.4 is 11.3 Å². The SMILES string of the molecule is CCOC(=O)c1cn(C)c(=O)c2cnc(N)nc12. The van der Waals surface area contributed by atoms with Crippen LogP contribution in [0.4, 0.5) is 5.95 Å². The third-order valence-corrected chi connectivity index (χ3v) is 2.43. The Morgan fingerprint density at radius 2 is 2.28 bits per heavy atom. The number of pyridine rings is 1. The summed E-state index contributed by atoms with van der Waals surface area (Å²) in [5.74, 6) is -0.544. The van der Waals surface area contributed by atoms with E-state index in [1.807, 2.05) is 0 Å². The van der Waals surface area contributed by atoms with Gasteiger partial charge in [0.05, 0.1) is 17.5 Å². The predicted octanol–water partition coefficient (Wildman–Crippen LogP) is 0.0874. The van der Waals surface area contributed by atoms with Gasteiger partial charge in [-0.2, -0.15) is 0 Å². The minimum atomic E-state index is -0.545. The number of hydrogen-bond acceptors (Lipinski definition) is 6. The first kappa shape index (κ1) is 12.0. The van der Waals surface area contributed by atoms with E-state index in [1.165, 1.54) is 17.0 Å². The van der Waals surface area contributed by atoms with Crippen molar-refractivity contribution in [3.8, 4) is 0 Å². The normalized spacial score (nSPS) is 10.6. The summed E-state index contributed by atoms with van der Waals surface area (Å²) in [6, 6.07) is 0. The van der Waals surface area contributed by atoms with Gasteiger partial charge in [0.25, 0.3) is 5.56 Å². The molecule has 0 aliphatic rings. The molecular formula is C11H12N4O3. The van der Waals surface area contributed by atoms with Gasteiger partial charge in [0.2, 0.25) is 5.95 Å². The highest BCUT2D eigenvalue weighted by Gasteiger charge is 2.16. The standard InChI is InChI=1S/C11H12N4O3/c1-3-18-10(17)7-5-15(2)9(16)6-4-13-11(12)14-8(6)7/h4-5H,3H2,1-2H3,(H2,12,13,14). The predicted molar refractivity (Wildman–Crippen MR) is 65.1 cm³/mol. The molecule has 0 bridgehead atoms. The number of nitrogen functional groups attached to an aromatic ring is 1. The molecule has 0 aliphatic carbocycles. The summed E-state index contributed by atoms with van der Waals surface area (Å²) in [7, 11) is 1.54. The molecule has 2 N–H and O–H groups in total. The van der Waals surface area contributed by atoms with Crippen LogP contribution in [0.15, 0.2) is 17.2 Å². The van der Waals surface area contributed by atoms with Crippen molar-refractivity contribution in [2.24, 2.45) is 7.05 Å². The first-order valence-corrected chi connectivity index (χ1v) is 5.33. The number of nitrogens with two attached hydrogens (primary N) is 1. The molecule has 0 radical (unpaired) electrons. The summed E-state index contributed by atoms with van der Waals surface area (Å²) < 4.78 is 6.20. The molecule has 7 heteroatoms. The molecule has 0 amide bonds. The van der Waals surface area contributed by atoms with E-state index in [1.54, 1.807) is 14.0 Å². The topological polar surface area (TPSA) is 100 Å². The summed E-state index contributed by atoms with van der Waals surface area (Å²) in [5, 5.41) is 0.234. The van der Waals surface area contributed by atoms with Crippen LogP contribution >= 0.6 is 0 Å². The van der Waals surface area contributed by atoms with Crippen molar-refractivity contribution in [3.63, 3.8) is 0 Å². The van der Waals surface area contributed by atoms with Crippen LogP contribution in [-0.2, 0) is 11.8 Å². The van der Waals surface area contributed by atoms with E-state index in [4.69, 9.17) is 10.5 Å². The van der Waals surface area contributed by atoms with Crippen LogP contribution in [0.25, 0.3) is 10.9 Å². The van der Waals surface area contributed by atoms with E-state index >= 15 is 0 Å². The van der Waals surface area contributed by atoms with Gasteiger partial charge in [-0.05, 0) is 6.92 Å². The van der Waals surface area contributed by atoms with Crippen LogP contribution in [0.1, 0.15) is 17.3 Å². The average Bonchev–Trinajstić information content (AvgIpc) is 2.34. The molecule has 0 saturated heterocycles. The molecule has 0 saturated carbocycles. The van der Waals surface area contributed by atoms with Gasteiger partial charge in [0.1, 0.15) is 5.56 Å². The summed E-state index contributed by atoms with van der Waals surface area (Å²) >= 11 is 0. The second-order valence-electron chi connectivity index (χ2n) is 3.67. The number of anilines is 1. The van der Waals surface area contributed by atoms with E-state index in [0.717, 1.165) is 0 Å². The lowest BCUT2D eigenvalue weighted by atomic mass is 10.2. The molecule has 18 heavy (non-hydrogen) atoms. The number of aryl methyl sites for hydroxylation is 1. The molecule has 2 rings (SSSR count). The van der Waals surface area contributed by atoms with Gasteiger partial charge in [-0.25, -0.2) is 14.8 Å². The van der Waals surface area contributed by atoms with Crippen LogP contribution in [-0.4, -0.2) is 27.1 Å². The Labute approximate surface area is 102 Å². The van der Waals surface area contributed by atoms with E-state index in [9.17, 15) is 9.59 Å². The number of ether oxygens (including phenoxy) is 1. The Morgan fingerprint density at radius 1 is 1.56 bits per heavy atom. The monoisotopic (exact) mass is 248 g/mol. The van der Waals surface area contributed by atoms with E-state index in [0.29, 0.717) is 0 Å². The summed E-state index contributed by atoms with van der Waals surface area (Å²) in [4.78, 5) is 31.3. The zero-order valence-electron chi connectivity index (χ0n) is 10.0. The average molecular weight is 248 g/mol. The van der Waals surface area contributed by atoms with Crippen molar-refractivity contribution in [1.29, 1.82) is 0 Å². The van der Waals surface area contributed by atoms with Crippen molar-refractivity contribution >= 4 is 22.8 Å². The van der Waals surface area contributed by atoms with Crippen molar-refractivity contribution < 1.29 is 9.53 Å². The van der Waals surface area contributed by atoms with Crippen LogP contribution in [0.2, 0.25) is 0 Å². The van der Waals surface area contributed by atoms with Gasteiger partial charge in [0.15, 0.2) is 0 Å². The molecule has 0 unspecified atom stereocenters. The molecule has 0 aromatic carbocycles. The van der Waals surface area contributed by atoms with Gasteiger partial charge in [-0.1, -0.05) is 0 Å². The fourth-order valence-corrected chi connectivity index (χ4v) is 1.62. The molecule has 0 fully saturated rings. The lowest BCUT2D eigenvalue weighted by Gasteiger charge is -2.07. The van der Waals surface area contributed by atoms with Gasteiger partial charge < -0.3 is 15.0 Å². The van der Waals surface area contributed by atoms with Gasteiger partial charge in [-0.15, -0.1) is 0 Å². The second kappa shape index (κ2) is 4.44. The number of carbonyl (C=O) groups is 1. The fourth-order valence-electron chi connectivity index (χ4n) is 1.62. The van der Waals surface area contributed by atoms with Crippen LogP contribution in [0, 0.1) is 0 Å². The Balaban J connectivity index is 2.80. The lowest BCUT2D eigenvalue weighted by molar-refractivity contribution is 0.0527. The van der Waals surface area contributed by atoms with Gasteiger partial charge in [0, 0.05) is 19.4 Å². The zero-order valence-corrected chi connectivity index (χ0v) is 10.0. The Bertz CT molecular complexity index is 678. The number of esters is 1. The minimum Gasteiger partial charge on any atom is -0.462 e. The second-order valence-corrected chi connectivity index (χ2v) is 3.67. The molecule has 7 nitrogen and oxygen atoms in total. The number of aromatic nitrogens is 3. The maximum atomic E-state index is 11.9. The van der Waals surface area contributed by atoms with E-state index < -0.39 is 5.97 Å². The Kier molecular flexibility index (Phi) is 2.97. The largest absolute Gasteiger partial charge is 0.462 e. The summed E-state index contributed by atoms with van der Waals surface area (Å²) in [6.07, 6.45) is 2.69. The maximum Gasteiger partial charge on any atom is 0.341 e. The molecule has 0 spiro atoms. The molecule has 0 aliphatic heterocycles. The van der Waals surface area contributed by atoms with Crippen molar-refractivity contribution in [3.05, 3.63) is 28.3 Å². The molecule has 2 heterocycles. The van der Waals surface area contributed by atoms with Gasteiger partial charge >= 0.3 is 5.97 Å². The third-order valence-electron chi connectivity index (χ3n) is 2.43. The van der Waals surface area contributed by atoms with Crippen molar-refractivity contribution in [2.75, 3.05) is 12.3 Å². The first-order valence-electron chi connectivity index (χ1n) is 5.33. The highest BCUT2D eigenvalue weighted by Crippen LogP contribution is 2.14. The lowest BCUT2D eigenvalue weighted by Crippen LogP contribution is -2.21. The molecule has 0 atom stereocenters. The fraction of sp³-hybridized carbons (Fsp3) is 0.273. The Morgan fingerprint density at radius 3 is 2.94 bits per heavy atom. The molecule has 94 valence electrons. The number of nitrogens with zero attached hydrogens (tertiary/aromatic N) is 3. The highest BCUT2D eigenvalue weighted by atomic mass is 16.5. The van der Waals surface area contributed by atoms with Crippen LogP contribution in [0.5, 0.6) is 0 Å². The zero-order chi connectivity index (χ0) is 13.3. The van der Waals surface area contributed by atoms with E-state index in [2.05, 4.69) is 9.97 Å². The summed E-state index contributed by atoms with van der Waals surface area (Å²) in [5.41, 5.74) is 5.59. The van der Waals surface area contributed by atoms with Crippen molar-refractivity contribution in [2.45, 2.75) is 6.92 Å². The summed E-state index contributed by atoms with van der Waals surface area (Å²) in [6.45, 7) is 1.94. The third kappa shape index (κ3) is 1.90. The maximum absolute atomic E-state index is 11.9. The first-order chi connectivity index (χ1) is 8.54. The number of fused-ring (bicyclic) bond motifs is 1. The number of hydrogen-bond donors (Lipinski definition) is 1. The molecule has 2 aromatic heterocycles. The quantitative estimate of drug-likeness (QED) is 0.756. The van der Waals surface area contributed by atoms with Crippen molar-refractivity contribution in [1.82, 2.24) is 14.5 Å². The number of carbonyl (C=O) groups excluding carboxylic acids is 1. The molecule has 2 aromatic rings. The Hall–Kier alpha value is -2.44. The van der Waals surface area contributed by atoms with E-state index in [-0.39, 0.29) is 34.6 Å². The van der Waals surface area contributed by atoms with Gasteiger partial charge in [-0.3, -0.25) is 4.79 Å². The smallest absolute Gasteiger partial charge is 0.341 e.